The third-order valence-corrected chi connectivity index (χ3v) is 5.70. The highest BCUT2D eigenvalue weighted by Crippen LogP contribution is 2.27. The van der Waals surface area contributed by atoms with Crippen molar-refractivity contribution in [3.05, 3.63) is 40.9 Å². The lowest BCUT2D eigenvalue weighted by atomic mass is 10.1. The van der Waals surface area contributed by atoms with Crippen molar-refractivity contribution >= 4 is 29.1 Å². The van der Waals surface area contributed by atoms with Gasteiger partial charge in [-0.3, -0.25) is 25.2 Å². The van der Waals surface area contributed by atoms with E-state index >= 15 is 0 Å². The molecule has 0 radical (unpaired) electrons. The number of benzene rings is 1. The number of nitrogens with zero attached hydrogens (tertiary/aromatic N) is 2. The van der Waals surface area contributed by atoms with Gasteiger partial charge in [0.05, 0.1) is 11.6 Å². The topological polar surface area (TPSA) is 91.4 Å². The van der Waals surface area contributed by atoms with E-state index in [9.17, 15) is 14.4 Å². The van der Waals surface area contributed by atoms with Crippen LogP contribution in [-0.2, 0) is 9.59 Å². The Hall–Kier alpha value is -2.74. The molecule has 0 spiro atoms. The number of carbonyl (C=O) groups is 3. The number of rotatable bonds is 5. The Labute approximate surface area is 168 Å². The highest BCUT2D eigenvalue weighted by molar-refractivity contribution is 7.17. The maximum Gasteiger partial charge on any atom is 0.281 e. The van der Waals surface area contributed by atoms with E-state index in [0.29, 0.717) is 29.6 Å². The van der Waals surface area contributed by atoms with E-state index in [1.807, 2.05) is 44.2 Å². The number of hydrogen-bond donors (Lipinski definition) is 2. The Kier molecular flexibility index (Phi) is 6.08. The summed E-state index contributed by atoms with van der Waals surface area (Å²) >= 11 is 1.28. The minimum atomic E-state index is -0.450. The average Bonchev–Trinajstić information content (AvgIpc) is 3.23. The van der Waals surface area contributed by atoms with Crippen LogP contribution in [0, 0.1) is 18.8 Å². The van der Waals surface area contributed by atoms with Crippen LogP contribution in [-0.4, -0.2) is 40.7 Å². The molecule has 1 fully saturated rings. The number of amides is 3. The molecule has 148 valence electrons. The summed E-state index contributed by atoms with van der Waals surface area (Å²) in [6, 6.07) is 9.61. The summed E-state index contributed by atoms with van der Waals surface area (Å²) in [5, 5.41) is 0.750. The summed E-state index contributed by atoms with van der Waals surface area (Å²) in [5.41, 5.74) is 6.45. The molecule has 8 heteroatoms. The van der Waals surface area contributed by atoms with Crippen LogP contribution in [0.25, 0.3) is 10.6 Å². The second kappa shape index (κ2) is 8.52. The smallest absolute Gasteiger partial charge is 0.281 e. The van der Waals surface area contributed by atoms with Gasteiger partial charge in [-0.25, -0.2) is 4.98 Å². The van der Waals surface area contributed by atoms with E-state index in [4.69, 9.17) is 0 Å². The van der Waals surface area contributed by atoms with Gasteiger partial charge in [-0.2, -0.15) is 0 Å². The Morgan fingerprint density at radius 3 is 2.64 bits per heavy atom. The summed E-state index contributed by atoms with van der Waals surface area (Å²) in [5.74, 6) is -0.883. The van der Waals surface area contributed by atoms with Gasteiger partial charge in [0.1, 0.15) is 9.88 Å². The molecule has 2 heterocycles. The zero-order valence-corrected chi connectivity index (χ0v) is 17.0. The highest BCUT2D eigenvalue weighted by atomic mass is 32.1. The number of hydrogen-bond acceptors (Lipinski definition) is 5. The summed E-state index contributed by atoms with van der Waals surface area (Å²) in [4.78, 5) is 43.4. The van der Waals surface area contributed by atoms with Crippen molar-refractivity contribution in [3.8, 4) is 10.6 Å². The molecule has 7 nitrogen and oxygen atoms in total. The first-order valence-electron chi connectivity index (χ1n) is 9.26. The number of nitrogens with one attached hydrogen (secondary N) is 2. The summed E-state index contributed by atoms with van der Waals surface area (Å²) in [7, 11) is 0. The van der Waals surface area contributed by atoms with Crippen molar-refractivity contribution in [2.45, 2.75) is 27.2 Å². The van der Waals surface area contributed by atoms with Crippen LogP contribution >= 0.6 is 11.3 Å². The number of likely N-dealkylation sites (tertiary alicyclic amines) is 1. The van der Waals surface area contributed by atoms with E-state index < -0.39 is 11.8 Å². The zero-order chi connectivity index (χ0) is 20.3. The van der Waals surface area contributed by atoms with Crippen LogP contribution in [0.5, 0.6) is 0 Å². The van der Waals surface area contributed by atoms with E-state index in [2.05, 4.69) is 15.8 Å². The van der Waals surface area contributed by atoms with E-state index in [1.54, 1.807) is 11.8 Å². The van der Waals surface area contributed by atoms with Gasteiger partial charge in [0, 0.05) is 25.1 Å². The molecule has 28 heavy (non-hydrogen) atoms. The Balaban J connectivity index is 1.58. The molecule has 1 aliphatic rings. The minimum Gasteiger partial charge on any atom is -0.342 e. The van der Waals surface area contributed by atoms with E-state index in [1.165, 1.54) is 11.3 Å². The fourth-order valence-electron chi connectivity index (χ4n) is 3.15. The molecule has 1 saturated heterocycles. The Morgan fingerprint density at radius 2 is 1.96 bits per heavy atom. The second-order valence-electron chi connectivity index (χ2n) is 7.34. The van der Waals surface area contributed by atoms with Gasteiger partial charge >= 0.3 is 0 Å². The van der Waals surface area contributed by atoms with Gasteiger partial charge in [-0.15, -0.1) is 11.3 Å². The summed E-state index contributed by atoms with van der Waals surface area (Å²) in [6.07, 6.45) is 0.173. The third kappa shape index (κ3) is 4.56. The Morgan fingerprint density at radius 1 is 1.25 bits per heavy atom. The Bertz CT molecular complexity index is 879. The fraction of sp³-hybridized carbons (Fsp3) is 0.400. The molecule has 2 N–H and O–H groups in total. The van der Waals surface area contributed by atoms with Crippen molar-refractivity contribution in [2.75, 3.05) is 13.1 Å². The molecule has 0 bridgehead atoms. The number of hydrazine groups is 1. The first-order chi connectivity index (χ1) is 13.3. The lowest BCUT2D eigenvalue weighted by Crippen LogP contribution is -2.45. The maximum atomic E-state index is 12.5. The van der Waals surface area contributed by atoms with Crippen LogP contribution < -0.4 is 10.9 Å². The standard InChI is InChI=1S/C20H24N4O3S/c1-12(2)10-24-11-15(9-16(24)25)18(26)22-23-19(27)17-13(3)21-20(28-17)14-7-5-4-6-8-14/h4-8,12,15H,9-11H2,1-3H3,(H,22,26)(H,23,27). The van der Waals surface area contributed by atoms with Crippen LogP contribution in [0.3, 0.4) is 0 Å². The largest absolute Gasteiger partial charge is 0.342 e. The first kappa shape index (κ1) is 20.0. The van der Waals surface area contributed by atoms with Crippen LogP contribution in [0.15, 0.2) is 30.3 Å². The van der Waals surface area contributed by atoms with Crippen LogP contribution in [0.4, 0.5) is 0 Å². The molecule has 0 aliphatic carbocycles. The molecule has 1 aromatic heterocycles. The first-order valence-corrected chi connectivity index (χ1v) is 10.1. The lowest BCUT2D eigenvalue weighted by Gasteiger charge is -2.18. The van der Waals surface area contributed by atoms with Crippen molar-refractivity contribution in [2.24, 2.45) is 11.8 Å². The molecule has 1 aliphatic heterocycles. The van der Waals surface area contributed by atoms with Gasteiger partial charge in [-0.05, 0) is 12.8 Å². The molecule has 1 atom stereocenters. The fourth-order valence-corrected chi connectivity index (χ4v) is 4.12. The average molecular weight is 401 g/mol. The van der Waals surface area contributed by atoms with Crippen LogP contribution in [0.1, 0.15) is 35.6 Å². The molecule has 3 rings (SSSR count). The predicted octanol–water partition coefficient (Wildman–Crippen LogP) is 2.38. The van der Waals surface area contributed by atoms with Gasteiger partial charge < -0.3 is 4.90 Å². The molecule has 0 saturated carbocycles. The van der Waals surface area contributed by atoms with Gasteiger partial charge in [-0.1, -0.05) is 44.2 Å². The second-order valence-corrected chi connectivity index (χ2v) is 8.34. The van der Waals surface area contributed by atoms with Gasteiger partial charge in [0.2, 0.25) is 11.8 Å². The summed E-state index contributed by atoms with van der Waals surface area (Å²) < 4.78 is 0. The lowest BCUT2D eigenvalue weighted by molar-refractivity contribution is -0.129. The number of thiazole rings is 1. The minimum absolute atomic E-state index is 0.0222. The molecule has 2 aromatic rings. The molecule has 1 unspecified atom stereocenters. The van der Waals surface area contributed by atoms with Crippen molar-refractivity contribution in [3.63, 3.8) is 0 Å². The van der Waals surface area contributed by atoms with Crippen LogP contribution in [0.2, 0.25) is 0 Å². The van der Waals surface area contributed by atoms with Gasteiger partial charge in [0.25, 0.3) is 5.91 Å². The number of aromatic nitrogens is 1. The van der Waals surface area contributed by atoms with Crippen molar-refractivity contribution in [1.82, 2.24) is 20.7 Å². The van der Waals surface area contributed by atoms with Crippen molar-refractivity contribution in [1.29, 1.82) is 0 Å². The van der Waals surface area contributed by atoms with E-state index in [-0.39, 0.29) is 18.2 Å². The molecular weight excluding hydrogens is 376 g/mol. The molecule has 3 amide bonds. The number of carbonyl (C=O) groups excluding carboxylic acids is 3. The number of aryl methyl sites for hydroxylation is 1. The SMILES string of the molecule is Cc1nc(-c2ccccc2)sc1C(=O)NNC(=O)C1CC(=O)N(CC(C)C)C1. The maximum absolute atomic E-state index is 12.5. The molecular formula is C20H24N4O3S. The van der Waals surface area contributed by atoms with Gasteiger partial charge in [0.15, 0.2) is 0 Å². The normalized spacial score (nSPS) is 16.5. The zero-order valence-electron chi connectivity index (χ0n) is 16.2. The highest BCUT2D eigenvalue weighted by Gasteiger charge is 2.34. The third-order valence-electron chi connectivity index (χ3n) is 4.49. The summed E-state index contributed by atoms with van der Waals surface area (Å²) in [6.45, 7) is 6.84. The monoisotopic (exact) mass is 400 g/mol. The predicted molar refractivity (Wildman–Crippen MR) is 107 cm³/mol. The quantitative estimate of drug-likeness (QED) is 0.754. The molecule has 1 aromatic carbocycles. The van der Waals surface area contributed by atoms with Crippen molar-refractivity contribution < 1.29 is 14.4 Å². The van der Waals surface area contributed by atoms with E-state index in [0.717, 1.165) is 10.6 Å².